The summed E-state index contributed by atoms with van der Waals surface area (Å²) in [7, 11) is 0. The number of aromatic nitrogens is 2. The van der Waals surface area contributed by atoms with Gasteiger partial charge in [0.05, 0.1) is 11.4 Å². The molecule has 2 heterocycles. The number of nitrogens with one attached hydrogen (secondary N) is 1. The van der Waals surface area contributed by atoms with E-state index in [0.717, 1.165) is 43.5 Å². The van der Waals surface area contributed by atoms with Gasteiger partial charge in [-0.3, -0.25) is 14.8 Å². The minimum absolute atomic E-state index is 0.0693. The molecule has 0 aliphatic rings. The summed E-state index contributed by atoms with van der Waals surface area (Å²) in [6.45, 7) is 3.43. The summed E-state index contributed by atoms with van der Waals surface area (Å²) < 4.78 is 0. The smallest absolute Gasteiger partial charge is 0.251 e. The maximum atomic E-state index is 12.2. The third-order valence-corrected chi connectivity index (χ3v) is 3.62. The van der Waals surface area contributed by atoms with Crippen LogP contribution in [0.5, 0.6) is 0 Å². The van der Waals surface area contributed by atoms with Gasteiger partial charge in [0.15, 0.2) is 0 Å². The van der Waals surface area contributed by atoms with Crippen molar-refractivity contribution in [1.29, 1.82) is 0 Å². The first-order chi connectivity index (χ1) is 11.2. The van der Waals surface area contributed by atoms with Crippen LogP contribution >= 0.6 is 0 Å². The highest BCUT2D eigenvalue weighted by Crippen LogP contribution is 2.16. The van der Waals surface area contributed by atoms with Gasteiger partial charge in [-0.05, 0) is 56.1 Å². The lowest BCUT2D eigenvalue weighted by Gasteiger charge is -2.07. The first-order valence-electron chi connectivity index (χ1n) is 8.08. The summed E-state index contributed by atoms with van der Waals surface area (Å²) in [5.74, 6) is -0.0693. The summed E-state index contributed by atoms with van der Waals surface area (Å²) in [6, 6.07) is 7.40. The summed E-state index contributed by atoms with van der Waals surface area (Å²) in [5, 5.41) is 2.95. The van der Waals surface area contributed by atoms with Gasteiger partial charge in [0.2, 0.25) is 0 Å². The van der Waals surface area contributed by atoms with Crippen molar-refractivity contribution < 1.29 is 4.79 Å². The van der Waals surface area contributed by atoms with E-state index in [1.165, 1.54) is 0 Å². The Labute approximate surface area is 137 Å². The molecular weight excluding hydrogens is 288 g/mol. The molecule has 0 saturated heterocycles. The summed E-state index contributed by atoms with van der Waals surface area (Å²) in [4.78, 5) is 20.8. The van der Waals surface area contributed by atoms with Crippen molar-refractivity contribution >= 4 is 5.91 Å². The number of unbranched alkanes of at least 4 members (excludes halogenated alkanes) is 3. The predicted octanol–water partition coefficient (Wildman–Crippen LogP) is 2.70. The molecule has 2 aromatic rings. The summed E-state index contributed by atoms with van der Waals surface area (Å²) in [6.07, 6.45) is 7.63. The van der Waals surface area contributed by atoms with Crippen LogP contribution in [-0.2, 0) is 0 Å². The Hall–Kier alpha value is -2.27. The SMILES string of the molecule is Cc1ccnc(-c2cc(C(=O)NCCCCCCN)ccn2)c1. The van der Waals surface area contributed by atoms with Gasteiger partial charge in [-0.15, -0.1) is 0 Å². The molecule has 2 rings (SSSR count). The minimum Gasteiger partial charge on any atom is -0.352 e. The Balaban J connectivity index is 1.93. The van der Waals surface area contributed by atoms with E-state index < -0.39 is 0 Å². The Morgan fingerprint density at radius 2 is 1.74 bits per heavy atom. The molecule has 0 aliphatic heterocycles. The van der Waals surface area contributed by atoms with E-state index in [1.54, 1.807) is 24.5 Å². The molecule has 2 aromatic heterocycles. The molecule has 3 N–H and O–H groups in total. The van der Waals surface area contributed by atoms with E-state index in [-0.39, 0.29) is 5.91 Å². The molecule has 0 bridgehead atoms. The van der Waals surface area contributed by atoms with Crippen molar-refractivity contribution in [2.45, 2.75) is 32.6 Å². The van der Waals surface area contributed by atoms with Gasteiger partial charge in [-0.25, -0.2) is 0 Å². The topological polar surface area (TPSA) is 80.9 Å². The number of nitrogens with zero attached hydrogens (tertiary/aromatic N) is 2. The fraction of sp³-hybridized carbons (Fsp3) is 0.389. The molecule has 1 amide bonds. The van der Waals surface area contributed by atoms with Gasteiger partial charge < -0.3 is 11.1 Å². The molecule has 5 heteroatoms. The summed E-state index contributed by atoms with van der Waals surface area (Å²) >= 11 is 0. The average molecular weight is 312 g/mol. The molecule has 0 spiro atoms. The number of aryl methyl sites for hydroxylation is 1. The van der Waals surface area contributed by atoms with Crippen molar-refractivity contribution in [3.8, 4) is 11.4 Å². The molecule has 0 aliphatic carbocycles. The normalized spacial score (nSPS) is 10.5. The summed E-state index contributed by atoms with van der Waals surface area (Å²) in [5.41, 5.74) is 8.68. The second kappa shape index (κ2) is 9.00. The highest BCUT2D eigenvalue weighted by Gasteiger charge is 2.08. The van der Waals surface area contributed by atoms with Gasteiger partial charge in [0.1, 0.15) is 0 Å². The van der Waals surface area contributed by atoms with Crippen molar-refractivity contribution in [1.82, 2.24) is 15.3 Å². The molecule has 5 nitrogen and oxygen atoms in total. The molecule has 0 saturated carbocycles. The first-order valence-corrected chi connectivity index (χ1v) is 8.08. The van der Waals surface area contributed by atoms with Crippen LogP contribution in [0.15, 0.2) is 36.7 Å². The number of amides is 1. The van der Waals surface area contributed by atoms with Crippen LogP contribution in [0.4, 0.5) is 0 Å². The molecule has 23 heavy (non-hydrogen) atoms. The van der Waals surface area contributed by atoms with Crippen molar-refractivity contribution in [3.05, 3.63) is 47.8 Å². The fourth-order valence-corrected chi connectivity index (χ4v) is 2.31. The molecule has 0 atom stereocenters. The maximum absolute atomic E-state index is 12.2. The minimum atomic E-state index is -0.0693. The number of nitrogens with two attached hydrogens (primary N) is 1. The lowest BCUT2D eigenvalue weighted by Crippen LogP contribution is -2.24. The van der Waals surface area contributed by atoms with Crippen molar-refractivity contribution in [2.75, 3.05) is 13.1 Å². The van der Waals surface area contributed by atoms with Crippen LogP contribution < -0.4 is 11.1 Å². The zero-order valence-electron chi connectivity index (χ0n) is 13.6. The molecule has 0 radical (unpaired) electrons. The maximum Gasteiger partial charge on any atom is 0.251 e. The van der Waals surface area contributed by atoms with E-state index >= 15 is 0 Å². The number of rotatable bonds is 8. The van der Waals surface area contributed by atoms with E-state index in [4.69, 9.17) is 5.73 Å². The largest absolute Gasteiger partial charge is 0.352 e. The third kappa shape index (κ3) is 5.45. The molecule has 122 valence electrons. The molecule has 0 unspecified atom stereocenters. The van der Waals surface area contributed by atoms with E-state index in [9.17, 15) is 4.79 Å². The number of hydrogen-bond acceptors (Lipinski definition) is 4. The van der Waals surface area contributed by atoms with Crippen LogP contribution in [0.1, 0.15) is 41.6 Å². The van der Waals surface area contributed by atoms with Crippen LogP contribution in [0, 0.1) is 6.92 Å². The van der Waals surface area contributed by atoms with E-state index in [1.807, 2.05) is 19.1 Å². The van der Waals surface area contributed by atoms with E-state index in [2.05, 4.69) is 15.3 Å². The quantitative estimate of drug-likeness (QED) is 0.734. The van der Waals surface area contributed by atoms with Crippen molar-refractivity contribution in [2.24, 2.45) is 5.73 Å². The van der Waals surface area contributed by atoms with Crippen LogP contribution in [0.3, 0.4) is 0 Å². The van der Waals surface area contributed by atoms with Crippen LogP contribution in [-0.4, -0.2) is 29.0 Å². The second-order valence-electron chi connectivity index (χ2n) is 5.61. The fourth-order valence-electron chi connectivity index (χ4n) is 2.31. The molecular formula is C18H24N4O. The standard InChI is InChI=1S/C18H24N4O/c1-14-6-10-20-16(12-14)17-13-15(7-11-21-17)18(23)22-9-5-3-2-4-8-19/h6-7,10-13H,2-5,8-9,19H2,1H3,(H,22,23). The van der Waals surface area contributed by atoms with Gasteiger partial charge in [-0.1, -0.05) is 12.8 Å². The highest BCUT2D eigenvalue weighted by molar-refractivity contribution is 5.94. The predicted molar refractivity (Wildman–Crippen MR) is 92.1 cm³/mol. The van der Waals surface area contributed by atoms with Gasteiger partial charge >= 0.3 is 0 Å². The van der Waals surface area contributed by atoms with Gasteiger partial charge in [0, 0.05) is 24.5 Å². The number of hydrogen-bond donors (Lipinski definition) is 2. The van der Waals surface area contributed by atoms with Crippen LogP contribution in [0.25, 0.3) is 11.4 Å². The number of pyridine rings is 2. The Bertz CT molecular complexity index is 642. The second-order valence-corrected chi connectivity index (χ2v) is 5.61. The van der Waals surface area contributed by atoms with Gasteiger partial charge in [-0.2, -0.15) is 0 Å². The Kier molecular flexibility index (Phi) is 6.69. The van der Waals surface area contributed by atoms with Crippen LogP contribution in [0.2, 0.25) is 0 Å². The van der Waals surface area contributed by atoms with Crippen molar-refractivity contribution in [3.63, 3.8) is 0 Å². The number of carbonyl (C=O) groups excluding carboxylic acids is 1. The third-order valence-electron chi connectivity index (χ3n) is 3.62. The first kappa shape index (κ1) is 17.1. The lowest BCUT2D eigenvalue weighted by atomic mass is 10.1. The van der Waals surface area contributed by atoms with E-state index in [0.29, 0.717) is 17.8 Å². The monoisotopic (exact) mass is 312 g/mol. The zero-order chi connectivity index (χ0) is 16.5. The Morgan fingerprint density at radius 1 is 1.04 bits per heavy atom. The highest BCUT2D eigenvalue weighted by atomic mass is 16.1. The number of carbonyl (C=O) groups is 1. The average Bonchev–Trinajstić information content (AvgIpc) is 2.58. The lowest BCUT2D eigenvalue weighted by molar-refractivity contribution is 0.0953. The Morgan fingerprint density at radius 3 is 2.48 bits per heavy atom. The van der Waals surface area contributed by atoms with Gasteiger partial charge in [0.25, 0.3) is 5.91 Å². The molecule has 0 aromatic carbocycles. The molecule has 0 fully saturated rings. The zero-order valence-corrected chi connectivity index (χ0v) is 13.6.